The van der Waals surface area contributed by atoms with E-state index in [4.69, 9.17) is 0 Å². The van der Waals surface area contributed by atoms with Crippen LogP contribution in [0.4, 0.5) is 0 Å². The van der Waals surface area contributed by atoms with Gasteiger partial charge in [-0.15, -0.1) is 0 Å². The summed E-state index contributed by atoms with van der Waals surface area (Å²) in [6.45, 7) is 0. The topological polar surface area (TPSA) is 89.9 Å². The van der Waals surface area contributed by atoms with E-state index in [-0.39, 0.29) is 0 Å². The third-order valence-electron chi connectivity index (χ3n) is 3.68. The Hall–Kier alpha value is -1.28. The van der Waals surface area contributed by atoms with Gasteiger partial charge < -0.3 is 10.2 Å². The van der Waals surface area contributed by atoms with E-state index in [9.17, 15) is 19.8 Å². The van der Waals surface area contributed by atoms with Gasteiger partial charge in [-0.05, 0) is 31.0 Å². The van der Waals surface area contributed by atoms with Crippen molar-refractivity contribution in [2.24, 2.45) is 0 Å². The van der Waals surface area contributed by atoms with Gasteiger partial charge in [-0.3, -0.25) is 19.8 Å². The van der Waals surface area contributed by atoms with E-state index in [2.05, 4.69) is 21.2 Å². The van der Waals surface area contributed by atoms with E-state index in [0.717, 1.165) is 9.37 Å². The van der Waals surface area contributed by atoms with Gasteiger partial charge in [0.25, 0.3) is 11.8 Å². The number of carbonyl (C=O) groups is 2. The van der Waals surface area contributed by atoms with Crippen LogP contribution in [0.3, 0.4) is 0 Å². The van der Waals surface area contributed by atoms with Crippen LogP contribution in [0.15, 0.2) is 22.7 Å². The van der Waals surface area contributed by atoms with Crippen molar-refractivity contribution >= 4 is 27.7 Å². The van der Waals surface area contributed by atoms with Crippen LogP contribution in [0.25, 0.3) is 0 Å². The van der Waals surface area contributed by atoms with Crippen LogP contribution in [0.2, 0.25) is 0 Å². The number of aliphatic hydroxyl groups excluding tert-OH is 2. The van der Waals surface area contributed by atoms with Crippen LogP contribution in [0, 0.1) is 0 Å². The lowest BCUT2D eigenvalue weighted by molar-refractivity contribution is -0.0413. The molecule has 3 unspecified atom stereocenters. The molecule has 106 valence electrons. The maximum Gasteiger partial charge on any atom is 0.261 e. The molecule has 3 atom stereocenters. The van der Waals surface area contributed by atoms with Crippen LogP contribution in [0.5, 0.6) is 0 Å². The lowest BCUT2D eigenvalue weighted by atomic mass is 10.0. The van der Waals surface area contributed by atoms with Crippen molar-refractivity contribution in [3.05, 3.63) is 33.8 Å². The minimum Gasteiger partial charge on any atom is -0.379 e. The van der Waals surface area contributed by atoms with Crippen LogP contribution in [0.1, 0.15) is 33.6 Å². The van der Waals surface area contributed by atoms with Gasteiger partial charge in [0, 0.05) is 4.47 Å². The highest BCUT2D eigenvalue weighted by atomic mass is 79.9. The molecule has 7 heteroatoms. The fraction of sp³-hybridized carbons (Fsp3) is 0.385. The number of hydrogen-bond donors (Lipinski definition) is 3. The molecule has 2 heterocycles. The second-order valence-corrected chi connectivity index (χ2v) is 5.86. The third-order valence-corrected chi connectivity index (χ3v) is 4.17. The summed E-state index contributed by atoms with van der Waals surface area (Å²) in [5.74, 6) is -0.812. The fourth-order valence-corrected chi connectivity index (χ4v) is 3.04. The molecule has 0 aromatic heterocycles. The molecule has 0 spiro atoms. The first-order chi connectivity index (χ1) is 9.49. The number of benzene rings is 1. The Morgan fingerprint density at radius 3 is 2.55 bits per heavy atom. The molecule has 0 saturated carbocycles. The standard InChI is InChI=1S/C13H13BrN2O4/c14-6-1-2-7-8(5-6)13(20)16(12(7)19)9-3-4-10(17)15-11(9)18/h1-2,5,9-11,15,17-18H,3-4H2. The van der Waals surface area contributed by atoms with Gasteiger partial charge >= 0.3 is 0 Å². The normalized spacial score (nSPS) is 29.8. The van der Waals surface area contributed by atoms with Crippen molar-refractivity contribution in [1.82, 2.24) is 10.2 Å². The quantitative estimate of drug-likeness (QED) is 0.645. The van der Waals surface area contributed by atoms with Crippen molar-refractivity contribution in [2.45, 2.75) is 31.3 Å². The predicted molar refractivity (Wildman–Crippen MR) is 72.8 cm³/mol. The first kappa shape index (κ1) is 13.7. The van der Waals surface area contributed by atoms with Crippen LogP contribution >= 0.6 is 15.9 Å². The molecule has 2 aliphatic heterocycles. The molecule has 1 aromatic carbocycles. The highest BCUT2D eigenvalue weighted by Gasteiger charge is 2.44. The summed E-state index contributed by atoms with van der Waals surface area (Å²) in [5, 5.41) is 21.9. The molecule has 0 aliphatic carbocycles. The summed E-state index contributed by atoms with van der Waals surface area (Å²) < 4.78 is 0.719. The first-order valence-corrected chi connectivity index (χ1v) is 7.08. The second-order valence-electron chi connectivity index (χ2n) is 4.94. The van der Waals surface area contributed by atoms with Crippen LogP contribution in [-0.4, -0.2) is 45.4 Å². The molecular formula is C13H13BrN2O4. The summed E-state index contributed by atoms with van der Waals surface area (Å²) in [6.07, 6.45) is -1.20. The minimum absolute atomic E-state index is 0.336. The molecule has 0 bridgehead atoms. The van der Waals surface area contributed by atoms with Crippen molar-refractivity contribution in [3.63, 3.8) is 0 Å². The van der Waals surface area contributed by atoms with E-state index >= 15 is 0 Å². The highest BCUT2D eigenvalue weighted by molar-refractivity contribution is 9.10. The van der Waals surface area contributed by atoms with Gasteiger partial charge in [0.2, 0.25) is 0 Å². The average Bonchev–Trinajstić information content (AvgIpc) is 2.63. The largest absolute Gasteiger partial charge is 0.379 e. The number of nitrogens with one attached hydrogen (secondary N) is 1. The Morgan fingerprint density at radius 1 is 1.15 bits per heavy atom. The number of carbonyl (C=O) groups excluding carboxylic acids is 2. The van der Waals surface area contributed by atoms with Crippen molar-refractivity contribution in [1.29, 1.82) is 0 Å². The number of imide groups is 1. The number of fused-ring (bicyclic) bond motifs is 1. The lowest BCUT2D eigenvalue weighted by Gasteiger charge is -2.36. The molecule has 1 saturated heterocycles. The molecule has 20 heavy (non-hydrogen) atoms. The Balaban J connectivity index is 1.93. The Kier molecular flexibility index (Phi) is 3.37. The maximum atomic E-state index is 12.4. The third kappa shape index (κ3) is 2.07. The Bertz CT molecular complexity index is 592. The van der Waals surface area contributed by atoms with Gasteiger partial charge in [0.05, 0.1) is 17.2 Å². The molecule has 6 nitrogen and oxygen atoms in total. The predicted octanol–water partition coefficient (Wildman–Crippen LogP) is 0.434. The monoisotopic (exact) mass is 340 g/mol. The van der Waals surface area contributed by atoms with Gasteiger partial charge in [0.15, 0.2) is 0 Å². The zero-order chi connectivity index (χ0) is 14.4. The summed E-state index contributed by atoms with van der Waals surface area (Å²) in [7, 11) is 0. The number of nitrogens with zero attached hydrogens (tertiary/aromatic N) is 1. The molecular weight excluding hydrogens is 328 g/mol. The second kappa shape index (κ2) is 4.92. The van der Waals surface area contributed by atoms with Gasteiger partial charge in [-0.25, -0.2) is 0 Å². The highest BCUT2D eigenvalue weighted by Crippen LogP contribution is 2.30. The van der Waals surface area contributed by atoms with Crippen molar-refractivity contribution in [3.8, 4) is 0 Å². The fourth-order valence-electron chi connectivity index (χ4n) is 2.68. The van der Waals surface area contributed by atoms with Gasteiger partial charge in [0.1, 0.15) is 12.5 Å². The number of hydrogen-bond acceptors (Lipinski definition) is 5. The minimum atomic E-state index is -1.12. The van der Waals surface area contributed by atoms with Crippen molar-refractivity contribution in [2.75, 3.05) is 0 Å². The van der Waals surface area contributed by atoms with E-state index < -0.39 is 30.3 Å². The van der Waals surface area contributed by atoms with Gasteiger partial charge in [-0.2, -0.15) is 0 Å². The lowest BCUT2D eigenvalue weighted by Crippen LogP contribution is -2.58. The van der Waals surface area contributed by atoms with Gasteiger partial charge in [-0.1, -0.05) is 15.9 Å². The first-order valence-electron chi connectivity index (χ1n) is 6.28. The molecule has 2 amide bonds. The zero-order valence-corrected chi connectivity index (χ0v) is 12.0. The molecule has 3 rings (SSSR count). The Labute approximate surface area is 123 Å². The van der Waals surface area contributed by atoms with E-state index in [1.165, 1.54) is 0 Å². The van der Waals surface area contributed by atoms with Crippen LogP contribution in [-0.2, 0) is 0 Å². The zero-order valence-electron chi connectivity index (χ0n) is 10.4. The molecule has 1 aromatic rings. The van der Waals surface area contributed by atoms with E-state index in [1.54, 1.807) is 18.2 Å². The molecule has 1 fully saturated rings. The molecule has 0 radical (unpaired) electrons. The molecule has 2 aliphatic rings. The summed E-state index contributed by atoms with van der Waals surface area (Å²) >= 11 is 3.27. The van der Waals surface area contributed by atoms with Crippen LogP contribution < -0.4 is 5.32 Å². The summed E-state index contributed by atoms with van der Waals surface area (Å²) in [6, 6.07) is 4.24. The van der Waals surface area contributed by atoms with Crippen molar-refractivity contribution < 1.29 is 19.8 Å². The number of halogens is 1. The average molecular weight is 341 g/mol. The molecule has 3 N–H and O–H groups in total. The number of rotatable bonds is 1. The van der Waals surface area contributed by atoms with E-state index in [1.807, 2.05) is 0 Å². The Morgan fingerprint density at radius 2 is 1.85 bits per heavy atom. The number of piperidine rings is 1. The smallest absolute Gasteiger partial charge is 0.261 e. The number of amides is 2. The van der Waals surface area contributed by atoms with E-state index in [0.29, 0.717) is 24.0 Å². The summed E-state index contributed by atoms with van der Waals surface area (Å²) in [5.41, 5.74) is 0.680. The summed E-state index contributed by atoms with van der Waals surface area (Å²) in [4.78, 5) is 25.8. The number of aliphatic hydroxyl groups is 2. The maximum absolute atomic E-state index is 12.4. The SMILES string of the molecule is O=C1c2ccc(Br)cc2C(=O)N1C1CCC(O)NC1O.